The van der Waals surface area contributed by atoms with Crippen LogP contribution in [0.3, 0.4) is 0 Å². The van der Waals surface area contributed by atoms with Crippen molar-refractivity contribution in [2.45, 2.75) is 50.3 Å². The van der Waals surface area contributed by atoms with Crippen molar-refractivity contribution in [3.8, 4) is 6.07 Å². The number of carbonyl (C=O) groups excluding carboxylic acids is 2. The highest BCUT2D eigenvalue weighted by atomic mass is 32.2. The van der Waals surface area contributed by atoms with E-state index in [4.69, 9.17) is 10.2 Å². The van der Waals surface area contributed by atoms with E-state index in [1.54, 1.807) is 11.0 Å². The van der Waals surface area contributed by atoms with E-state index in [0.29, 0.717) is 45.8 Å². The Hall–Kier alpha value is -3.88. The second-order valence-corrected chi connectivity index (χ2v) is 11.4. The molecular weight excluding hydrogens is 520 g/mol. The van der Waals surface area contributed by atoms with Gasteiger partial charge in [-0.25, -0.2) is 0 Å². The number of ketones is 1. The van der Waals surface area contributed by atoms with Crippen LogP contribution in [0.4, 0.5) is 10.8 Å². The number of benzene rings is 1. The Morgan fingerprint density at radius 2 is 2.00 bits per heavy atom. The molecule has 38 heavy (non-hydrogen) atoms. The predicted molar refractivity (Wildman–Crippen MR) is 147 cm³/mol. The molecule has 2 aromatic heterocycles. The first kappa shape index (κ1) is 25.8. The molecular formula is C27H26N6O3S2. The largest absolute Gasteiger partial charge is 0.465 e. The van der Waals surface area contributed by atoms with E-state index in [1.165, 1.54) is 23.1 Å². The molecule has 1 aliphatic carbocycles. The first-order valence-electron chi connectivity index (χ1n) is 12.1. The summed E-state index contributed by atoms with van der Waals surface area (Å²) >= 11 is 2.53. The van der Waals surface area contributed by atoms with Crippen molar-refractivity contribution in [1.29, 1.82) is 5.26 Å². The number of rotatable bonds is 6. The molecule has 1 amide bonds. The minimum Gasteiger partial charge on any atom is -0.465 e. The summed E-state index contributed by atoms with van der Waals surface area (Å²) in [5.41, 5.74) is 10.9. The topological polar surface area (TPSA) is 138 Å². The van der Waals surface area contributed by atoms with Crippen molar-refractivity contribution in [2.24, 2.45) is 5.73 Å². The number of nitrogens with one attached hydrogen (secondary N) is 1. The number of nitrogens with two attached hydrogens (primary N) is 1. The van der Waals surface area contributed by atoms with Gasteiger partial charge in [0.15, 0.2) is 10.1 Å². The van der Waals surface area contributed by atoms with E-state index in [-0.39, 0.29) is 28.8 Å². The number of carbonyl (C=O) groups is 2. The van der Waals surface area contributed by atoms with E-state index in [0.717, 1.165) is 22.5 Å². The summed E-state index contributed by atoms with van der Waals surface area (Å²) in [6.45, 7) is 5.73. The molecule has 11 heteroatoms. The first-order chi connectivity index (χ1) is 18.3. The molecule has 5 rings (SSSR count). The minimum atomic E-state index is -0.650. The number of hydrogen-bond acceptors (Lipinski definition) is 10. The summed E-state index contributed by atoms with van der Waals surface area (Å²) in [6.07, 6.45) is 1.68. The fraction of sp³-hybridized carbons (Fsp3) is 0.296. The van der Waals surface area contributed by atoms with E-state index >= 15 is 0 Å². The van der Waals surface area contributed by atoms with Crippen LogP contribution < -0.4 is 16.0 Å². The van der Waals surface area contributed by atoms with Gasteiger partial charge in [0.05, 0.1) is 23.3 Å². The number of aromatic nitrogens is 2. The summed E-state index contributed by atoms with van der Waals surface area (Å²) in [5.74, 6) is 0.752. The van der Waals surface area contributed by atoms with Gasteiger partial charge in [-0.2, -0.15) is 5.26 Å². The van der Waals surface area contributed by atoms with Crippen molar-refractivity contribution in [3.63, 3.8) is 0 Å². The molecule has 0 bridgehead atoms. The van der Waals surface area contributed by atoms with Gasteiger partial charge in [0, 0.05) is 23.4 Å². The Morgan fingerprint density at radius 3 is 2.68 bits per heavy atom. The molecule has 0 saturated heterocycles. The number of anilines is 2. The number of allylic oxidation sites excluding steroid dienone is 3. The number of furan rings is 1. The molecule has 3 aromatic rings. The highest BCUT2D eigenvalue weighted by Crippen LogP contribution is 2.47. The van der Waals surface area contributed by atoms with Gasteiger partial charge < -0.3 is 15.5 Å². The Morgan fingerprint density at radius 1 is 1.24 bits per heavy atom. The molecule has 1 aliphatic heterocycles. The Bertz CT molecular complexity index is 1520. The molecule has 2 aliphatic rings. The SMILES string of the molecule is Cc1ccc(C2C(C#N)=C(N)N(c3nnc(SCC(=O)Nc4c(C)cccc4C)s3)C3=C2C(=O)CCC3)o1. The van der Waals surface area contributed by atoms with Gasteiger partial charge in [0.25, 0.3) is 0 Å². The second-order valence-electron chi connectivity index (χ2n) is 9.22. The Kier molecular flexibility index (Phi) is 7.10. The molecule has 9 nitrogen and oxygen atoms in total. The predicted octanol–water partition coefficient (Wildman–Crippen LogP) is 5.09. The Labute approximate surface area is 228 Å². The molecule has 1 atom stereocenters. The molecule has 0 radical (unpaired) electrons. The summed E-state index contributed by atoms with van der Waals surface area (Å²) in [5, 5.41) is 22.1. The lowest BCUT2D eigenvalue weighted by Gasteiger charge is -2.37. The van der Waals surface area contributed by atoms with E-state index < -0.39 is 5.92 Å². The molecule has 1 unspecified atom stereocenters. The average Bonchev–Trinajstić information content (AvgIpc) is 3.53. The van der Waals surface area contributed by atoms with Gasteiger partial charge in [-0.15, -0.1) is 10.2 Å². The molecule has 0 spiro atoms. The third-order valence-corrected chi connectivity index (χ3v) is 8.66. The van der Waals surface area contributed by atoms with E-state index in [9.17, 15) is 14.9 Å². The van der Waals surface area contributed by atoms with Gasteiger partial charge in [0.2, 0.25) is 11.0 Å². The number of thioether (sulfide) groups is 1. The fourth-order valence-electron chi connectivity index (χ4n) is 4.86. The molecule has 0 saturated carbocycles. The zero-order valence-corrected chi connectivity index (χ0v) is 22.8. The van der Waals surface area contributed by atoms with Crippen molar-refractivity contribution in [3.05, 3.63) is 75.6 Å². The van der Waals surface area contributed by atoms with Gasteiger partial charge in [-0.05, 0) is 56.9 Å². The zero-order valence-electron chi connectivity index (χ0n) is 21.2. The highest BCUT2D eigenvalue weighted by molar-refractivity contribution is 8.01. The molecule has 3 heterocycles. The number of para-hydroxylation sites is 1. The van der Waals surface area contributed by atoms with Crippen LogP contribution in [0.1, 0.15) is 47.8 Å². The maximum absolute atomic E-state index is 13.2. The quantitative estimate of drug-likeness (QED) is 0.405. The Balaban J connectivity index is 1.41. The summed E-state index contributed by atoms with van der Waals surface area (Å²) in [6, 6.07) is 11.7. The lowest BCUT2D eigenvalue weighted by Crippen LogP contribution is -2.38. The maximum Gasteiger partial charge on any atom is 0.234 e. The third-order valence-electron chi connectivity index (χ3n) is 6.62. The van der Waals surface area contributed by atoms with E-state index in [2.05, 4.69) is 21.6 Å². The zero-order chi connectivity index (χ0) is 27.0. The first-order valence-corrected chi connectivity index (χ1v) is 13.9. The van der Waals surface area contributed by atoms with Crippen LogP contribution in [-0.2, 0) is 9.59 Å². The molecule has 1 aromatic carbocycles. The number of nitriles is 1. The van der Waals surface area contributed by atoms with Gasteiger partial charge in [-0.1, -0.05) is 41.3 Å². The van der Waals surface area contributed by atoms with Crippen LogP contribution >= 0.6 is 23.1 Å². The number of hydrogen-bond donors (Lipinski definition) is 2. The minimum absolute atomic E-state index is 0.0298. The third kappa shape index (κ3) is 4.73. The van der Waals surface area contributed by atoms with Crippen molar-refractivity contribution in [2.75, 3.05) is 16.0 Å². The summed E-state index contributed by atoms with van der Waals surface area (Å²) in [4.78, 5) is 27.5. The maximum atomic E-state index is 13.2. The van der Waals surface area contributed by atoms with Gasteiger partial charge in [0.1, 0.15) is 17.3 Å². The van der Waals surface area contributed by atoms with Crippen LogP contribution in [-0.4, -0.2) is 27.6 Å². The highest BCUT2D eigenvalue weighted by Gasteiger charge is 2.42. The molecule has 194 valence electrons. The number of amides is 1. The fourth-order valence-corrected chi connectivity index (χ4v) is 6.54. The standard InChI is InChI=1S/C27H26N6O3S2/c1-14-6-4-7-15(2)24(14)30-21(35)13-37-27-32-31-26(38-27)33-18-8-5-9-19(34)23(18)22(17(12-28)25(33)29)20-11-10-16(3)36-20/h4,6-7,10-11,22H,5,8-9,13,29H2,1-3H3,(H,30,35). The lowest BCUT2D eigenvalue weighted by atomic mass is 9.78. The molecule has 0 fully saturated rings. The normalized spacial score (nSPS) is 17.5. The van der Waals surface area contributed by atoms with Crippen molar-refractivity contribution >= 4 is 45.6 Å². The van der Waals surface area contributed by atoms with E-state index in [1.807, 2.05) is 45.0 Å². The second kappa shape index (κ2) is 10.5. The van der Waals surface area contributed by atoms with Crippen LogP contribution in [0.15, 0.2) is 61.8 Å². The van der Waals surface area contributed by atoms with Gasteiger partial charge in [-0.3, -0.25) is 14.5 Å². The van der Waals surface area contributed by atoms with Crippen LogP contribution in [0.2, 0.25) is 0 Å². The lowest BCUT2D eigenvalue weighted by molar-refractivity contribution is -0.116. The van der Waals surface area contributed by atoms with Crippen LogP contribution in [0.25, 0.3) is 0 Å². The number of Topliss-reactive ketones (excluding diaryl/α,β-unsaturated/α-hetero) is 1. The van der Waals surface area contributed by atoms with Crippen molar-refractivity contribution in [1.82, 2.24) is 10.2 Å². The summed E-state index contributed by atoms with van der Waals surface area (Å²) in [7, 11) is 0. The number of nitrogens with zero attached hydrogens (tertiary/aromatic N) is 4. The molecule has 3 N–H and O–H groups in total. The van der Waals surface area contributed by atoms with Crippen LogP contribution in [0, 0.1) is 32.1 Å². The van der Waals surface area contributed by atoms with Crippen LogP contribution in [0.5, 0.6) is 0 Å². The van der Waals surface area contributed by atoms with Crippen molar-refractivity contribution < 1.29 is 14.0 Å². The summed E-state index contributed by atoms with van der Waals surface area (Å²) < 4.78 is 6.42. The monoisotopic (exact) mass is 546 g/mol. The smallest absolute Gasteiger partial charge is 0.234 e. The average molecular weight is 547 g/mol. The van der Waals surface area contributed by atoms with Gasteiger partial charge >= 0.3 is 0 Å². The number of aryl methyl sites for hydroxylation is 3.